The first-order valence-electron chi connectivity index (χ1n) is 8.17. The maximum absolute atomic E-state index is 12.9. The number of hydrogen-bond donors (Lipinski definition) is 1. The van der Waals surface area contributed by atoms with Crippen LogP contribution in [0.5, 0.6) is 0 Å². The predicted molar refractivity (Wildman–Crippen MR) is 88.1 cm³/mol. The summed E-state index contributed by atoms with van der Waals surface area (Å²) in [7, 11) is 3.91. The van der Waals surface area contributed by atoms with Crippen LogP contribution in [0.15, 0.2) is 24.3 Å². The zero-order valence-electron chi connectivity index (χ0n) is 13.5. The molecule has 1 aromatic heterocycles. The fourth-order valence-electron chi connectivity index (χ4n) is 4.00. The normalized spacial score (nSPS) is 23.7. The van der Waals surface area contributed by atoms with E-state index in [4.69, 9.17) is 0 Å². The molecule has 2 atom stereocenters. The lowest BCUT2D eigenvalue weighted by molar-refractivity contribution is -0.139. The summed E-state index contributed by atoms with van der Waals surface area (Å²) >= 11 is 0. The summed E-state index contributed by atoms with van der Waals surface area (Å²) in [4.78, 5) is 32.6. The fraction of sp³-hybridized carbons (Fsp3) is 0.444. The molecule has 23 heavy (non-hydrogen) atoms. The van der Waals surface area contributed by atoms with E-state index in [2.05, 4.69) is 4.98 Å². The molecule has 0 saturated carbocycles. The van der Waals surface area contributed by atoms with Crippen molar-refractivity contribution in [2.24, 2.45) is 5.92 Å². The standard InChI is InChI=1S/C18H21N3O2/c1-20(2)9-10-21-17(22)12-7-8-14-15(16(12)18(21)23)11-5-3-4-6-13(11)19-14/h3-6,12,16,19H,7-10H2,1-2H3/t12-,16-/m0/s1. The summed E-state index contributed by atoms with van der Waals surface area (Å²) in [5.74, 6) is -0.494. The van der Waals surface area contributed by atoms with E-state index >= 15 is 0 Å². The Balaban J connectivity index is 1.76. The number of nitrogens with zero attached hydrogens (tertiary/aromatic N) is 2. The van der Waals surface area contributed by atoms with E-state index in [1.54, 1.807) is 0 Å². The number of fused-ring (bicyclic) bond motifs is 5. The molecule has 2 aromatic rings. The van der Waals surface area contributed by atoms with E-state index in [9.17, 15) is 9.59 Å². The lowest BCUT2D eigenvalue weighted by Crippen LogP contribution is -2.36. The molecule has 1 aliphatic heterocycles. The maximum Gasteiger partial charge on any atom is 0.237 e. The summed E-state index contributed by atoms with van der Waals surface area (Å²) in [5.41, 5.74) is 3.25. The van der Waals surface area contributed by atoms with Crippen LogP contribution >= 0.6 is 0 Å². The predicted octanol–water partition coefficient (Wildman–Crippen LogP) is 1.74. The highest BCUT2D eigenvalue weighted by Crippen LogP contribution is 2.45. The van der Waals surface area contributed by atoms with Crippen molar-refractivity contribution in [3.8, 4) is 0 Å². The van der Waals surface area contributed by atoms with E-state index in [1.165, 1.54) is 4.90 Å². The monoisotopic (exact) mass is 311 g/mol. The van der Waals surface area contributed by atoms with Crippen molar-refractivity contribution >= 4 is 22.7 Å². The molecule has 0 spiro atoms. The topological polar surface area (TPSA) is 56.4 Å². The quantitative estimate of drug-likeness (QED) is 0.879. The van der Waals surface area contributed by atoms with Crippen LogP contribution in [0.1, 0.15) is 23.6 Å². The minimum Gasteiger partial charge on any atom is -0.358 e. The summed E-state index contributed by atoms with van der Waals surface area (Å²) in [6, 6.07) is 8.07. The number of imide groups is 1. The Morgan fingerprint density at radius 2 is 2.00 bits per heavy atom. The first-order chi connectivity index (χ1) is 11.1. The second-order valence-electron chi connectivity index (χ2n) is 6.82. The number of aromatic nitrogens is 1. The average molecular weight is 311 g/mol. The third kappa shape index (κ3) is 2.10. The van der Waals surface area contributed by atoms with E-state index in [0.29, 0.717) is 13.1 Å². The summed E-state index contributed by atoms with van der Waals surface area (Å²) < 4.78 is 0. The summed E-state index contributed by atoms with van der Waals surface area (Å²) in [6.45, 7) is 1.19. The molecular weight excluding hydrogens is 290 g/mol. The minimum atomic E-state index is -0.301. The smallest absolute Gasteiger partial charge is 0.237 e. The molecule has 0 radical (unpaired) electrons. The van der Waals surface area contributed by atoms with Gasteiger partial charge in [0.05, 0.1) is 11.8 Å². The first-order valence-corrected chi connectivity index (χ1v) is 8.17. The number of benzene rings is 1. The number of carbonyl (C=O) groups is 2. The number of hydrogen-bond acceptors (Lipinski definition) is 3. The van der Waals surface area contributed by atoms with Crippen molar-refractivity contribution in [3.63, 3.8) is 0 Å². The number of aromatic amines is 1. The number of rotatable bonds is 3. The fourth-order valence-corrected chi connectivity index (χ4v) is 4.00. The number of likely N-dealkylation sites (N-methyl/N-ethyl adjacent to an activating group) is 1. The molecule has 120 valence electrons. The maximum atomic E-state index is 12.9. The van der Waals surface area contributed by atoms with Crippen LogP contribution in [-0.4, -0.2) is 53.8 Å². The Labute approximate surface area is 135 Å². The van der Waals surface area contributed by atoms with Crippen LogP contribution < -0.4 is 0 Å². The lowest BCUT2D eigenvalue weighted by atomic mass is 9.78. The van der Waals surface area contributed by atoms with Gasteiger partial charge in [-0.05, 0) is 38.6 Å². The van der Waals surface area contributed by atoms with Crippen LogP contribution in [0.3, 0.4) is 0 Å². The van der Waals surface area contributed by atoms with Crippen molar-refractivity contribution in [1.82, 2.24) is 14.8 Å². The summed E-state index contributed by atoms with van der Waals surface area (Å²) in [5, 5.41) is 1.09. The highest BCUT2D eigenvalue weighted by Gasteiger charge is 2.51. The molecule has 1 aromatic carbocycles. The Morgan fingerprint density at radius 3 is 2.78 bits per heavy atom. The number of carbonyl (C=O) groups excluding carboxylic acids is 2. The second kappa shape index (κ2) is 5.20. The molecule has 2 heterocycles. The van der Waals surface area contributed by atoms with E-state index in [0.717, 1.165) is 35.0 Å². The molecule has 1 fully saturated rings. The third-order valence-corrected chi connectivity index (χ3v) is 5.13. The minimum absolute atomic E-state index is 0.0118. The van der Waals surface area contributed by atoms with Crippen molar-refractivity contribution in [1.29, 1.82) is 0 Å². The molecule has 0 unspecified atom stereocenters. The SMILES string of the molecule is CN(C)CCN1C(=O)[C@H]2CCc3[nH]c4ccccc4c3[C@H]2C1=O. The Bertz CT molecular complexity index is 793. The van der Waals surface area contributed by atoms with Gasteiger partial charge in [0, 0.05) is 29.7 Å². The molecule has 4 rings (SSSR count). The van der Waals surface area contributed by atoms with Crippen molar-refractivity contribution in [3.05, 3.63) is 35.5 Å². The Kier molecular flexibility index (Phi) is 3.27. The highest BCUT2D eigenvalue weighted by molar-refractivity contribution is 6.10. The molecule has 1 aliphatic carbocycles. The van der Waals surface area contributed by atoms with Crippen LogP contribution in [-0.2, 0) is 16.0 Å². The van der Waals surface area contributed by atoms with Crippen LogP contribution in [0.4, 0.5) is 0 Å². The largest absolute Gasteiger partial charge is 0.358 e. The molecule has 1 N–H and O–H groups in total. The first kappa shape index (κ1) is 14.5. The molecule has 2 aliphatic rings. The summed E-state index contributed by atoms with van der Waals surface area (Å²) in [6.07, 6.45) is 1.60. The zero-order valence-corrected chi connectivity index (χ0v) is 13.5. The number of amides is 2. The van der Waals surface area contributed by atoms with Gasteiger partial charge in [0.25, 0.3) is 0 Å². The molecule has 5 heteroatoms. The van der Waals surface area contributed by atoms with Crippen molar-refractivity contribution in [2.45, 2.75) is 18.8 Å². The second-order valence-corrected chi connectivity index (χ2v) is 6.82. The van der Waals surface area contributed by atoms with Crippen molar-refractivity contribution < 1.29 is 9.59 Å². The Hall–Kier alpha value is -2.14. The number of para-hydroxylation sites is 1. The molecular formula is C18H21N3O2. The Morgan fingerprint density at radius 1 is 1.22 bits per heavy atom. The van der Waals surface area contributed by atoms with E-state index in [-0.39, 0.29) is 23.7 Å². The highest BCUT2D eigenvalue weighted by atomic mass is 16.2. The van der Waals surface area contributed by atoms with Gasteiger partial charge in [-0.1, -0.05) is 18.2 Å². The van der Waals surface area contributed by atoms with Gasteiger partial charge in [0.1, 0.15) is 0 Å². The van der Waals surface area contributed by atoms with Gasteiger partial charge in [0.2, 0.25) is 11.8 Å². The van der Waals surface area contributed by atoms with Crippen LogP contribution in [0.25, 0.3) is 10.9 Å². The number of likely N-dealkylation sites (tertiary alicyclic amines) is 1. The molecule has 5 nitrogen and oxygen atoms in total. The van der Waals surface area contributed by atoms with Gasteiger partial charge < -0.3 is 9.88 Å². The molecule has 0 bridgehead atoms. The van der Waals surface area contributed by atoms with Crippen LogP contribution in [0, 0.1) is 5.92 Å². The van der Waals surface area contributed by atoms with Crippen molar-refractivity contribution in [2.75, 3.05) is 27.2 Å². The van der Waals surface area contributed by atoms with Gasteiger partial charge in [-0.25, -0.2) is 0 Å². The van der Waals surface area contributed by atoms with Gasteiger partial charge >= 0.3 is 0 Å². The van der Waals surface area contributed by atoms with Gasteiger partial charge in [0.15, 0.2) is 0 Å². The lowest BCUT2D eigenvalue weighted by Gasteiger charge is -2.21. The van der Waals surface area contributed by atoms with E-state index in [1.807, 2.05) is 43.3 Å². The average Bonchev–Trinajstić information content (AvgIpc) is 3.02. The van der Waals surface area contributed by atoms with Gasteiger partial charge in [-0.15, -0.1) is 0 Å². The number of nitrogens with one attached hydrogen (secondary N) is 1. The van der Waals surface area contributed by atoms with E-state index < -0.39 is 0 Å². The van der Waals surface area contributed by atoms with Crippen LogP contribution in [0.2, 0.25) is 0 Å². The van der Waals surface area contributed by atoms with Gasteiger partial charge in [-0.2, -0.15) is 0 Å². The number of H-pyrrole nitrogens is 1. The molecule has 2 amide bonds. The zero-order chi connectivity index (χ0) is 16.1. The molecule has 1 saturated heterocycles. The van der Waals surface area contributed by atoms with Gasteiger partial charge in [-0.3, -0.25) is 14.5 Å². The number of aryl methyl sites for hydroxylation is 1. The third-order valence-electron chi connectivity index (χ3n) is 5.13.